The molecular formula is C19H27N5O4S. The Morgan fingerprint density at radius 2 is 2.03 bits per heavy atom. The van der Waals surface area contributed by atoms with Crippen molar-refractivity contribution in [2.45, 2.75) is 51.9 Å². The maximum atomic E-state index is 12.9. The van der Waals surface area contributed by atoms with Gasteiger partial charge in [0.2, 0.25) is 5.91 Å². The summed E-state index contributed by atoms with van der Waals surface area (Å²) in [6.07, 6.45) is 1.50. The molecule has 3 rings (SSSR count). The summed E-state index contributed by atoms with van der Waals surface area (Å²) >= 11 is 0. The van der Waals surface area contributed by atoms with Crippen molar-refractivity contribution in [3.8, 4) is 0 Å². The monoisotopic (exact) mass is 421 g/mol. The van der Waals surface area contributed by atoms with E-state index in [-0.39, 0.29) is 6.42 Å². The Morgan fingerprint density at radius 1 is 1.38 bits per heavy atom. The fourth-order valence-electron chi connectivity index (χ4n) is 3.42. The van der Waals surface area contributed by atoms with Crippen LogP contribution in [0.5, 0.6) is 0 Å². The molecule has 3 atom stereocenters. The molecule has 0 bridgehead atoms. The summed E-state index contributed by atoms with van der Waals surface area (Å²) in [4.78, 5) is 12.9. The molecule has 1 fully saturated rings. The van der Waals surface area contributed by atoms with Crippen molar-refractivity contribution in [3.63, 3.8) is 0 Å². The average Bonchev–Trinajstić information content (AvgIpc) is 3.05. The van der Waals surface area contributed by atoms with Crippen LogP contribution in [-0.2, 0) is 21.5 Å². The molecule has 10 heteroatoms. The third-order valence-electron chi connectivity index (χ3n) is 5.22. The first-order valence-electron chi connectivity index (χ1n) is 9.50. The van der Waals surface area contributed by atoms with Crippen LogP contribution in [0.25, 0.3) is 0 Å². The number of hydrogen-bond acceptors (Lipinski definition) is 5. The molecule has 29 heavy (non-hydrogen) atoms. The summed E-state index contributed by atoms with van der Waals surface area (Å²) in [6.45, 7) is 6.11. The normalized spacial score (nSPS) is 22.9. The van der Waals surface area contributed by atoms with Crippen molar-refractivity contribution < 1.29 is 18.3 Å². The van der Waals surface area contributed by atoms with Crippen LogP contribution in [0.4, 0.5) is 5.69 Å². The summed E-state index contributed by atoms with van der Waals surface area (Å²) < 4.78 is 30.7. The molecular weight excluding hydrogens is 394 g/mol. The molecule has 0 radical (unpaired) electrons. The van der Waals surface area contributed by atoms with Crippen molar-refractivity contribution in [3.05, 3.63) is 47.3 Å². The molecule has 1 aliphatic rings. The Kier molecular flexibility index (Phi) is 6.08. The Morgan fingerprint density at radius 3 is 2.59 bits per heavy atom. The molecule has 0 unspecified atom stereocenters. The minimum absolute atomic E-state index is 0.281. The fraction of sp³-hybridized carbons (Fsp3) is 0.474. The van der Waals surface area contributed by atoms with Crippen LogP contribution in [0.1, 0.15) is 49.2 Å². The van der Waals surface area contributed by atoms with Crippen LogP contribution in [0.15, 0.2) is 30.5 Å². The molecule has 2 heterocycles. The molecule has 9 nitrogen and oxygen atoms in total. The van der Waals surface area contributed by atoms with Gasteiger partial charge in [0, 0.05) is 31.0 Å². The van der Waals surface area contributed by atoms with Gasteiger partial charge < -0.3 is 10.4 Å². The number of carbonyl (C=O) groups is 1. The molecule has 3 N–H and O–H groups in total. The number of aliphatic hydroxyl groups excluding tert-OH is 1. The molecule has 0 saturated carbocycles. The summed E-state index contributed by atoms with van der Waals surface area (Å²) in [5, 5.41) is 16.7. The minimum atomic E-state index is -3.83. The number of aromatic nitrogens is 2. The van der Waals surface area contributed by atoms with Gasteiger partial charge in [-0.3, -0.25) is 9.48 Å². The van der Waals surface area contributed by atoms with E-state index in [1.54, 1.807) is 35.9 Å². The van der Waals surface area contributed by atoms with E-state index in [4.69, 9.17) is 0 Å². The SMILES string of the molecule is CCn1cc([C@@H]2C[C@@H](C(=O)Nc3ccc([C@@H](C)O)cc3)N(C)S(=O)(=O)N2)c(C)n1. The summed E-state index contributed by atoms with van der Waals surface area (Å²) in [7, 11) is -2.43. The van der Waals surface area contributed by atoms with E-state index in [0.717, 1.165) is 21.1 Å². The largest absolute Gasteiger partial charge is 0.389 e. The number of hydrogen-bond donors (Lipinski definition) is 3. The number of likely N-dealkylation sites (N-methyl/N-ethyl adjacent to an activating group) is 1. The minimum Gasteiger partial charge on any atom is -0.389 e. The number of aliphatic hydroxyl groups is 1. The van der Waals surface area contributed by atoms with E-state index in [9.17, 15) is 18.3 Å². The predicted molar refractivity (Wildman–Crippen MR) is 109 cm³/mol. The standard InChI is InChI=1S/C19H27N5O4S/c1-5-24-11-16(12(2)21-24)17-10-18(23(4)29(27,28)22-17)19(26)20-15-8-6-14(7-9-15)13(3)25/h6-9,11,13,17-18,22,25H,5,10H2,1-4H3,(H,20,26)/t13-,17+,18+/m1/s1. The number of anilines is 1. The van der Waals surface area contributed by atoms with Crippen molar-refractivity contribution in [1.82, 2.24) is 18.8 Å². The third-order valence-corrected chi connectivity index (χ3v) is 6.81. The van der Waals surface area contributed by atoms with Gasteiger partial charge in [-0.15, -0.1) is 0 Å². The van der Waals surface area contributed by atoms with E-state index in [1.165, 1.54) is 7.05 Å². The second kappa shape index (κ2) is 8.23. The highest BCUT2D eigenvalue weighted by molar-refractivity contribution is 7.87. The van der Waals surface area contributed by atoms with E-state index in [1.807, 2.05) is 20.0 Å². The van der Waals surface area contributed by atoms with Crippen LogP contribution in [0, 0.1) is 6.92 Å². The maximum Gasteiger partial charge on any atom is 0.280 e. The Hall–Kier alpha value is -2.27. The van der Waals surface area contributed by atoms with E-state index < -0.39 is 34.3 Å². The van der Waals surface area contributed by atoms with Gasteiger partial charge in [0.05, 0.1) is 17.8 Å². The maximum absolute atomic E-state index is 12.9. The zero-order chi connectivity index (χ0) is 21.3. The summed E-state index contributed by atoms with van der Waals surface area (Å²) in [5.41, 5.74) is 2.77. The highest BCUT2D eigenvalue weighted by Gasteiger charge is 2.41. The van der Waals surface area contributed by atoms with Gasteiger partial charge in [-0.1, -0.05) is 12.1 Å². The van der Waals surface area contributed by atoms with Gasteiger partial charge in [0.15, 0.2) is 0 Å². The summed E-state index contributed by atoms with van der Waals surface area (Å²) in [6, 6.07) is 5.39. The van der Waals surface area contributed by atoms with Crippen molar-refractivity contribution in [2.24, 2.45) is 0 Å². The van der Waals surface area contributed by atoms with E-state index >= 15 is 0 Å². The van der Waals surface area contributed by atoms with Crippen LogP contribution >= 0.6 is 0 Å². The lowest BCUT2D eigenvalue weighted by atomic mass is 10.00. The van der Waals surface area contributed by atoms with Gasteiger partial charge in [-0.25, -0.2) is 0 Å². The molecule has 1 amide bonds. The lowest BCUT2D eigenvalue weighted by Crippen LogP contribution is -2.56. The van der Waals surface area contributed by atoms with Crippen molar-refractivity contribution in [2.75, 3.05) is 12.4 Å². The Balaban J connectivity index is 1.82. The second-order valence-corrected chi connectivity index (χ2v) is 9.02. The lowest BCUT2D eigenvalue weighted by Gasteiger charge is -2.36. The number of benzene rings is 1. The van der Waals surface area contributed by atoms with E-state index in [2.05, 4.69) is 15.1 Å². The highest BCUT2D eigenvalue weighted by Crippen LogP contribution is 2.30. The molecule has 158 valence electrons. The van der Waals surface area contributed by atoms with Crippen molar-refractivity contribution in [1.29, 1.82) is 0 Å². The zero-order valence-electron chi connectivity index (χ0n) is 17.0. The predicted octanol–water partition coefficient (Wildman–Crippen LogP) is 1.48. The molecule has 1 aromatic carbocycles. The first-order valence-corrected chi connectivity index (χ1v) is 10.9. The van der Waals surface area contributed by atoms with Crippen LogP contribution in [0.2, 0.25) is 0 Å². The Bertz CT molecular complexity index is 985. The highest BCUT2D eigenvalue weighted by atomic mass is 32.2. The van der Waals surface area contributed by atoms with Crippen LogP contribution < -0.4 is 10.0 Å². The second-order valence-electron chi connectivity index (χ2n) is 7.26. The number of amides is 1. The van der Waals surface area contributed by atoms with Gasteiger partial charge in [-0.05, 0) is 44.9 Å². The molecule has 1 aliphatic heterocycles. The van der Waals surface area contributed by atoms with Gasteiger partial charge in [-0.2, -0.15) is 22.5 Å². The smallest absolute Gasteiger partial charge is 0.280 e. The first-order chi connectivity index (χ1) is 13.6. The number of rotatable bonds is 5. The van der Waals surface area contributed by atoms with Crippen LogP contribution in [-0.4, -0.2) is 46.6 Å². The summed E-state index contributed by atoms with van der Waals surface area (Å²) in [5.74, 6) is -0.409. The number of nitrogens with zero attached hydrogens (tertiary/aromatic N) is 3. The fourth-order valence-corrected chi connectivity index (χ4v) is 4.69. The quantitative estimate of drug-likeness (QED) is 0.676. The average molecular weight is 422 g/mol. The number of nitrogens with one attached hydrogen (secondary N) is 2. The first kappa shape index (κ1) is 21.4. The Labute approximate surface area is 170 Å². The van der Waals surface area contributed by atoms with Crippen LogP contribution in [0.3, 0.4) is 0 Å². The molecule has 1 saturated heterocycles. The van der Waals surface area contributed by atoms with Gasteiger partial charge in [0.1, 0.15) is 6.04 Å². The van der Waals surface area contributed by atoms with Gasteiger partial charge in [0.25, 0.3) is 10.2 Å². The third kappa shape index (κ3) is 4.50. The van der Waals surface area contributed by atoms with Crippen molar-refractivity contribution >= 4 is 21.8 Å². The topological polar surface area (TPSA) is 117 Å². The zero-order valence-corrected chi connectivity index (χ0v) is 17.8. The molecule has 1 aromatic heterocycles. The molecule has 0 aliphatic carbocycles. The molecule has 0 spiro atoms. The van der Waals surface area contributed by atoms with E-state index in [0.29, 0.717) is 12.2 Å². The lowest BCUT2D eigenvalue weighted by molar-refractivity contribution is -0.120. The number of aryl methyl sites for hydroxylation is 2. The van der Waals surface area contributed by atoms with Gasteiger partial charge >= 0.3 is 0 Å². The molecule has 2 aromatic rings. The number of carbonyl (C=O) groups excluding carboxylic acids is 1.